The Hall–Kier alpha value is -3.42. The van der Waals surface area contributed by atoms with Crippen LogP contribution in [0.2, 0.25) is 0 Å². The van der Waals surface area contributed by atoms with Gasteiger partial charge in [-0.1, -0.05) is 6.92 Å². The zero-order valence-electron chi connectivity index (χ0n) is 16.7. The predicted molar refractivity (Wildman–Crippen MR) is 102 cm³/mol. The molecule has 2 amide bonds. The molecule has 1 N–H and O–H groups in total. The molecule has 1 aromatic carbocycles. The fourth-order valence-electron chi connectivity index (χ4n) is 3.29. The molecule has 7 nitrogen and oxygen atoms in total. The summed E-state index contributed by atoms with van der Waals surface area (Å²) in [7, 11) is 0. The van der Waals surface area contributed by atoms with Gasteiger partial charge in [-0.15, -0.1) is 0 Å². The van der Waals surface area contributed by atoms with Crippen LogP contribution in [0, 0.1) is 23.1 Å². The van der Waals surface area contributed by atoms with E-state index in [0.29, 0.717) is 5.69 Å². The highest BCUT2D eigenvalue weighted by molar-refractivity contribution is 5.97. The summed E-state index contributed by atoms with van der Waals surface area (Å²) in [5.41, 5.74) is 0.387. The number of hydrogen-bond acceptors (Lipinski definition) is 4. The molecule has 0 saturated carbocycles. The Labute approximate surface area is 175 Å². The fraction of sp³-hybridized carbons (Fsp3) is 0.400. The minimum absolute atomic E-state index is 0.0409. The molecule has 1 aromatic heterocycles. The van der Waals surface area contributed by atoms with Crippen LogP contribution in [-0.4, -0.2) is 38.7 Å². The summed E-state index contributed by atoms with van der Waals surface area (Å²) in [5, 5.41) is 15.6. The lowest BCUT2D eigenvalue weighted by molar-refractivity contribution is -0.168. The maximum Gasteiger partial charge on any atom is 0.391 e. The topological polar surface area (TPSA) is 91.0 Å². The van der Waals surface area contributed by atoms with Crippen LogP contribution >= 0.6 is 0 Å². The number of rotatable bonds is 4. The van der Waals surface area contributed by atoms with Crippen molar-refractivity contribution in [2.24, 2.45) is 5.92 Å². The average molecular weight is 437 g/mol. The van der Waals surface area contributed by atoms with E-state index in [9.17, 15) is 27.2 Å². The second-order valence-electron chi connectivity index (χ2n) is 7.47. The normalized spacial score (nSPS) is 16.9. The zero-order chi connectivity index (χ0) is 22.9. The summed E-state index contributed by atoms with van der Waals surface area (Å²) in [6, 6.07) is 4.35. The lowest BCUT2D eigenvalue weighted by atomic mass is 9.99. The van der Waals surface area contributed by atoms with Gasteiger partial charge in [0.05, 0.1) is 48.1 Å². The highest BCUT2D eigenvalue weighted by atomic mass is 19.4. The number of urea groups is 1. The van der Waals surface area contributed by atoms with E-state index in [1.807, 2.05) is 0 Å². The maximum absolute atomic E-state index is 13.5. The van der Waals surface area contributed by atoms with E-state index in [-0.39, 0.29) is 35.9 Å². The van der Waals surface area contributed by atoms with Crippen LogP contribution in [0.1, 0.15) is 41.9 Å². The molecule has 164 valence electrons. The van der Waals surface area contributed by atoms with E-state index >= 15 is 0 Å². The molecule has 2 heterocycles. The third kappa shape index (κ3) is 4.68. The van der Waals surface area contributed by atoms with Crippen LogP contribution in [0.25, 0.3) is 0 Å². The Morgan fingerprint density at radius 3 is 2.74 bits per heavy atom. The molecule has 31 heavy (non-hydrogen) atoms. The van der Waals surface area contributed by atoms with Crippen molar-refractivity contribution in [1.82, 2.24) is 14.7 Å². The molecule has 0 bridgehead atoms. The number of fused-ring (bicyclic) bond motifs is 1. The number of benzene rings is 1. The molecule has 2 aromatic rings. The van der Waals surface area contributed by atoms with E-state index in [1.165, 1.54) is 27.9 Å². The van der Waals surface area contributed by atoms with Gasteiger partial charge in [0.1, 0.15) is 11.9 Å². The van der Waals surface area contributed by atoms with E-state index in [0.717, 1.165) is 13.0 Å². The molecule has 3 rings (SSSR count). The highest BCUT2D eigenvalue weighted by Gasteiger charge is 2.38. The van der Waals surface area contributed by atoms with Crippen molar-refractivity contribution in [2.75, 3.05) is 5.32 Å². The lowest BCUT2D eigenvalue weighted by Gasteiger charge is -2.34. The van der Waals surface area contributed by atoms with Crippen LogP contribution in [0.5, 0.6) is 0 Å². The Morgan fingerprint density at radius 2 is 2.10 bits per heavy atom. The highest BCUT2D eigenvalue weighted by Crippen LogP contribution is 2.30. The van der Waals surface area contributed by atoms with Gasteiger partial charge < -0.3 is 10.2 Å². The number of carbonyl (C=O) groups is 2. The standard InChI is InChI=1S/C20H19F4N5O2/c1-11(20(22,23)24)5-18(30)15-8-26-29-9-12(2)28(10-17(15)29)19(31)27-14-3-4-16(21)13(6-14)7-25/h3-4,6,8,11-12H,5,9-10H2,1-2H3,(H,27,31)/t11-,12-/m0/s1. The number of ketones is 1. The lowest BCUT2D eigenvalue weighted by Crippen LogP contribution is -2.47. The maximum atomic E-state index is 13.5. The van der Waals surface area contributed by atoms with Crippen molar-refractivity contribution in [2.45, 2.75) is 45.6 Å². The summed E-state index contributed by atoms with van der Waals surface area (Å²) in [5.74, 6) is -3.21. The average Bonchev–Trinajstić information content (AvgIpc) is 3.10. The largest absolute Gasteiger partial charge is 0.391 e. The van der Waals surface area contributed by atoms with Crippen molar-refractivity contribution in [3.8, 4) is 6.07 Å². The molecule has 0 unspecified atom stereocenters. The fourth-order valence-corrected chi connectivity index (χ4v) is 3.29. The van der Waals surface area contributed by atoms with Gasteiger partial charge in [0, 0.05) is 12.1 Å². The van der Waals surface area contributed by atoms with Gasteiger partial charge in [-0.3, -0.25) is 9.48 Å². The number of anilines is 1. The smallest absolute Gasteiger partial charge is 0.314 e. The molecule has 0 saturated heterocycles. The minimum Gasteiger partial charge on any atom is -0.314 e. The number of halogens is 4. The Balaban J connectivity index is 1.78. The number of nitrogens with zero attached hydrogens (tertiary/aromatic N) is 4. The first-order chi connectivity index (χ1) is 14.5. The van der Waals surface area contributed by atoms with Gasteiger partial charge in [0.15, 0.2) is 5.78 Å². The number of nitrogens with one attached hydrogen (secondary N) is 1. The molecule has 1 aliphatic heterocycles. The first-order valence-corrected chi connectivity index (χ1v) is 9.43. The summed E-state index contributed by atoms with van der Waals surface area (Å²) in [4.78, 5) is 26.6. The molecule has 0 aliphatic carbocycles. The van der Waals surface area contributed by atoms with Gasteiger partial charge in [-0.2, -0.15) is 23.5 Å². The summed E-state index contributed by atoms with van der Waals surface area (Å²) >= 11 is 0. The van der Waals surface area contributed by atoms with Gasteiger partial charge in [0.25, 0.3) is 0 Å². The number of carbonyl (C=O) groups excluding carboxylic acids is 2. The third-order valence-electron chi connectivity index (χ3n) is 5.19. The van der Waals surface area contributed by atoms with Crippen molar-refractivity contribution in [1.29, 1.82) is 5.26 Å². The van der Waals surface area contributed by atoms with Crippen molar-refractivity contribution >= 4 is 17.5 Å². The predicted octanol–water partition coefficient (Wildman–Crippen LogP) is 4.10. The SMILES string of the molecule is C[C@H]1Cn2ncc(C(=O)C[C@H](C)C(F)(F)F)c2CN1C(=O)Nc1ccc(F)c(C#N)c1. The van der Waals surface area contributed by atoms with E-state index in [2.05, 4.69) is 10.4 Å². The number of amides is 2. The van der Waals surface area contributed by atoms with Crippen molar-refractivity contribution in [3.63, 3.8) is 0 Å². The van der Waals surface area contributed by atoms with Gasteiger partial charge in [-0.05, 0) is 25.1 Å². The molecule has 2 atom stereocenters. The monoisotopic (exact) mass is 437 g/mol. The minimum atomic E-state index is -4.49. The molecular formula is C20H19F4N5O2. The number of Topliss-reactive ketones (excluding diaryl/α,β-unsaturated/α-hetero) is 1. The van der Waals surface area contributed by atoms with Crippen molar-refractivity contribution in [3.05, 3.63) is 47.0 Å². The van der Waals surface area contributed by atoms with Crippen LogP contribution < -0.4 is 5.32 Å². The number of alkyl halides is 3. The summed E-state index contributed by atoms with van der Waals surface area (Å²) in [6.45, 7) is 2.90. The van der Waals surface area contributed by atoms with E-state index < -0.39 is 36.1 Å². The third-order valence-corrected chi connectivity index (χ3v) is 5.19. The first-order valence-electron chi connectivity index (χ1n) is 9.43. The Bertz CT molecular complexity index is 1060. The number of aromatic nitrogens is 2. The van der Waals surface area contributed by atoms with E-state index in [4.69, 9.17) is 5.26 Å². The quantitative estimate of drug-likeness (QED) is 0.576. The number of nitriles is 1. The molecule has 0 spiro atoms. The Morgan fingerprint density at radius 1 is 1.39 bits per heavy atom. The second-order valence-corrected chi connectivity index (χ2v) is 7.47. The summed E-state index contributed by atoms with van der Waals surface area (Å²) < 4.78 is 53.4. The first kappa shape index (κ1) is 22.3. The van der Waals surface area contributed by atoms with Crippen LogP contribution in [0.3, 0.4) is 0 Å². The van der Waals surface area contributed by atoms with Crippen molar-refractivity contribution < 1.29 is 27.2 Å². The van der Waals surface area contributed by atoms with E-state index in [1.54, 1.807) is 13.0 Å². The molecular weight excluding hydrogens is 418 g/mol. The van der Waals surface area contributed by atoms with Crippen LogP contribution in [0.15, 0.2) is 24.4 Å². The molecule has 0 radical (unpaired) electrons. The van der Waals surface area contributed by atoms with Crippen LogP contribution in [-0.2, 0) is 13.1 Å². The molecule has 11 heteroatoms. The molecule has 0 fully saturated rings. The molecule has 1 aliphatic rings. The van der Waals surface area contributed by atoms with Crippen LogP contribution in [0.4, 0.5) is 28.0 Å². The second kappa shape index (κ2) is 8.37. The summed E-state index contributed by atoms with van der Waals surface area (Å²) in [6.07, 6.45) is -3.97. The number of hydrogen-bond donors (Lipinski definition) is 1. The van der Waals surface area contributed by atoms with Gasteiger partial charge in [-0.25, -0.2) is 9.18 Å². The zero-order valence-corrected chi connectivity index (χ0v) is 16.7. The van der Waals surface area contributed by atoms with Gasteiger partial charge in [0.2, 0.25) is 0 Å². The van der Waals surface area contributed by atoms with Gasteiger partial charge >= 0.3 is 12.2 Å². The Kier molecular flexibility index (Phi) is 6.01.